The van der Waals surface area contributed by atoms with E-state index in [1.54, 1.807) is 6.07 Å². The van der Waals surface area contributed by atoms with Crippen molar-refractivity contribution in [1.82, 2.24) is 0 Å². The van der Waals surface area contributed by atoms with E-state index in [9.17, 15) is 13.2 Å². The summed E-state index contributed by atoms with van der Waals surface area (Å²) in [6.07, 6.45) is -4.34. The van der Waals surface area contributed by atoms with Crippen LogP contribution in [0.4, 0.5) is 13.2 Å². The van der Waals surface area contributed by atoms with E-state index in [-0.39, 0.29) is 12.6 Å². The summed E-state index contributed by atoms with van der Waals surface area (Å²) in [6, 6.07) is 4.58. The van der Waals surface area contributed by atoms with Crippen LogP contribution in [0.25, 0.3) is 0 Å². The average Bonchev–Trinajstić information content (AvgIpc) is 2.64. The van der Waals surface area contributed by atoms with Crippen molar-refractivity contribution >= 4 is 6.02 Å². The molecule has 0 fully saturated rings. The normalized spacial score (nSPS) is 20.4. The molecule has 0 aromatic heterocycles. The summed E-state index contributed by atoms with van der Waals surface area (Å²) in [5.74, 6) is 0. The van der Waals surface area contributed by atoms with Gasteiger partial charge in [-0.05, 0) is 17.7 Å². The van der Waals surface area contributed by atoms with Gasteiger partial charge in [0.25, 0.3) is 6.02 Å². The quantitative estimate of drug-likeness (QED) is 0.803. The Kier molecular flexibility index (Phi) is 2.49. The summed E-state index contributed by atoms with van der Waals surface area (Å²) in [5.41, 5.74) is 5.06. The highest BCUT2D eigenvalue weighted by atomic mass is 19.4. The van der Waals surface area contributed by atoms with Crippen molar-refractivity contribution in [2.45, 2.75) is 12.2 Å². The van der Waals surface area contributed by atoms with Crippen molar-refractivity contribution in [3.8, 4) is 0 Å². The summed E-state index contributed by atoms with van der Waals surface area (Å²) in [5, 5.41) is 0. The first-order chi connectivity index (χ1) is 7.47. The summed E-state index contributed by atoms with van der Waals surface area (Å²) in [4.78, 5) is 3.89. The third-order valence-corrected chi connectivity index (χ3v) is 2.27. The van der Waals surface area contributed by atoms with Gasteiger partial charge in [0.15, 0.2) is 0 Å². The molecule has 0 saturated carbocycles. The molecule has 0 bridgehead atoms. The second-order valence-electron chi connectivity index (χ2n) is 3.42. The van der Waals surface area contributed by atoms with Crippen molar-refractivity contribution in [2.75, 3.05) is 6.61 Å². The highest BCUT2D eigenvalue weighted by Crippen LogP contribution is 2.32. The number of alkyl halides is 3. The number of amidine groups is 1. The first-order valence-corrected chi connectivity index (χ1v) is 4.60. The first-order valence-electron chi connectivity index (χ1n) is 4.60. The zero-order chi connectivity index (χ0) is 11.8. The minimum absolute atomic E-state index is 0.0161. The van der Waals surface area contributed by atoms with Crippen molar-refractivity contribution in [2.24, 2.45) is 10.7 Å². The lowest BCUT2D eigenvalue weighted by Gasteiger charge is -2.10. The van der Waals surface area contributed by atoms with E-state index in [2.05, 4.69) is 4.99 Å². The maximum absolute atomic E-state index is 12.4. The van der Waals surface area contributed by atoms with E-state index >= 15 is 0 Å². The largest absolute Gasteiger partial charge is 0.463 e. The van der Waals surface area contributed by atoms with Crippen molar-refractivity contribution < 1.29 is 17.9 Å². The molecule has 1 heterocycles. The predicted molar refractivity (Wildman–Crippen MR) is 51.8 cm³/mol. The molecule has 1 aromatic rings. The van der Waals surface area contributed by atoms with E-state index in [0.717, 1.165) is 12.1 Å². The SMILES string of the molecule is NC1=N[C@@H](c2cccc(C(F)(F)F)c2)CO1. The molecule has 0 saturated heterocycles. The van der Waals surface area contributed by atoms with E-state index < -0.39 is 17.8 Å². The number of aliphatic imine (C=N–C) groups is 1. The summed E-state index contributed by atoms with van der Waals surface area (Å²) >= 11 is 0. The highest BCUT2D eigenvalue weighted by Gasteiger charge is 2.31. The first kappa shape index (κ1) is 10.8. The molecule has 0 unspecified atom stereocenters. The minimum atomic E-state index is -4.34. The van der Waals surface area contributed by atoms with E-state index in [4.69, 9.17) is 10.5 Å². The third kappa shape index (κ3) is 2.10. The maximum atomic E-state index is 12.4. The van der Waals surface area contributed by atoms with Crippen LogP contribution in [-0.2, 0) is 10.9 Å². The van der Waals surface area contributed by atoms with Gasteiger partial charge in [0, 0.05) is 0 Å². The van der Waals surface area contributed by atoms with Gasteiger partial charge in [-0.25, -0.2) is 4.99 Å². The number of nitrogens with zero attached hydrogens (tertiary/aromatic N) is 1. The van der Waals surface area contributed by atoms with Crippen LogP contribution in [0.2, 0.25) is 0 Å². The average molecular weight is 230 g/mol. The molecular formula is C10H9F3N2O. The fraction of sp³-hybridized carbons (Fsp3) is 0.300. The van der Waals surface area contributed by atoms with Crippen LogP contribution < -0.4 is 5.73 Å². The van der Waals surface area contributed by atoms with Crippen LogP contribution in [0, 0.1) is 0 Å². The number of benzene rings is 1. The minimum Gasteiger partial charge on any atom is -0.463 e. The standard InChI is InChI=1S/C10H9F3N2O/c11-10(12,13)7-3-1-2-6(4-7)8-5-16-9(14)15-8/h1-4,8H,5H2,(H2,14,15)/t8-/m1/s1. The third-order valence-electron chi connectivity index (χ3n) is 2.27. The van der Waals surface area contributed by atoms with Crippen molar-refractivity contribution in [1.29, 1.82) is 0 Å². The molecular weight excluding hydrogens is 221 g/mol. The van der Waals surface area contributed by atoms with E-state index in [1.165, 1.54) is 6.07 Å². The molecule has 1 atom stereocenters. The Labute approximate surface area is 89.7 Å². The molecule has 0 radical (unpaired) electrons. The Bertz CT molecular complexity index is 428. The number of nitrogens with two attached hydrogens (primary N) is 1. The molecule has 1 aliphatic rings. The van der Waals surface area contributed by atoms with Gasteiger partial charge in [0.1, 0.15) is 12.6 Å². The topological polar surface area (TPSA) is 47.6 Å². The van der Waals surface area contributed by atoms with Crippen molar-refractivity contribution in [3.63, 3.8) is 0 Å². The van der Waals surface area contributed by atoms with Gasteiger partial charge in [-0.1, -0.05) is 12.1 Å². The molecule has 0 amide bonds. The van der Waals surface area contributed by atoms with Gasteiger partial charge in [-0.2, -0.15) is 13.2 Å². The number of ether oxygens (including phenoxy) is 1. The fourth-order valence-electron chi connectivity index (χ4n) is 1.49. The van der Waals surface area contributed by atoms with Gasteiger partial charge in [0.05, 0.1) is 5.56 Å². The van der Waals surface area contributed by atoms with Crippen LogP contribution >= 0.6 is 0 Å². The number of rotatable bonds is 1. The van der Waals surface area contributed by atoms with Gasteiger partial charge in [-0.3, -0.25) is 0 Å². The Hall–Kier alpha value is -1.72. The molecule has 16 heavy (non-hydrogen) atoms. The summed E-state index contributed by atoms with van der Waals surface area (Å²) in [6.45, 7) is 0.188. The molecule has 2 N–H and O–H groups in total. The zero-order valence-electron chi connectivity index (χ0n) is 8.16. The van der Waals surface area contributed by atoms with Crippen LogP contribution in [0.15, 0.2) is 29.3 Å². The molecule has 3 nitrogen and oxygen atoms in total. The Morgan fingerprint density at radius 3 is 2.69 bits per heavy atom. The van der Waals surface area contributed by atoms with E-state index in [0.29, 0.717) is 5.56 Å². The monoisotopic (exact) mass is 230 g/mol. The predicted octanol–water partition coefficient (Wildman–Crippen LogP) is 2.09. The molecule has 86 valence electrons. The number of hydrogen-bond acceptors (Lipinski definition) is 3. The summed E-state index contributed by atoms with van der Waals surface area (Å²) < 4.78 is 42.2. The Balaban J connectivity index is 2.30. The molecule has 2 rings (SSSR count). The van der Waals surface area contributed by atoms with Crippen LogP contribution in [0.3, 0.4) is 0 Å². The smallest absolute Gasteiger partial charge is 0.416 e. The lowest BCUT2D eigenvalue weighted by molar-refractivity contribution is -0.137. The van der Waals surface area contributed by atoms with E-state index in [1.807, 2.05) is 0 Å². The second kappa shape index (κ2) is 3.70. The molecule has 0 aliphatic carbocycles. The Morgan fingerprint density at radius 2 is 2.12 bits per heavy atom. The highest BCUT2D eigenvalue weighted by molar-refractivity contribution is 5.73. The number of halogens is 3. The fourth-order valence-corrected chi connectivity index (χ4v) is 1.49. The molecule has 1 aromatic carbocycles. The Morgan fingerprint density at radius 1 is 1.38 bits per heavy atom. The van der Waals surface area contributed by atoms with Gasteiger partial charge in [0.2, 0.25) is 0 Å². The van der Waals surface area contributed by atoms with Gasteiger partial charge in [-0.15, -0.1) is 0 Å². The lowest BCUT2D eigenvalue weighted by Crippen LogP contribution is -2.10. The lowest BCUT2D eigenvalue weighted by atomic mass is 10.1. The molecule has 0 spiro atoms. The molecule has 1 aliphatic heterocycles. The van der Waals surface area contributed by atoms with Gasteiger partial charge >= 0.3 is 6.18 Å². The number of hydrogen-bond donors (Lipinski definition) is 1. The van der Waals surface area contributed by atoms with Crippen LogP contribution in [0.1, 0.15) is 17.2 Å². The second-order valence-corrected chi connectivity index (χ2v) is 3.42. The van der Waals surface area contributed by atoms with Crippen molar-refractivity contribution in [3.05, 3.63) is 35.4 Å². The van der Waals surface area contributed by atoms with Crippen LogP contribution in [0.5, 0.6) is 0 Å². The molecule has 6 heteroatoms. The zero-order valence-corrected chi connectivity index (χ0v) is 8.16. The van der Waals surface area contributed by atoms with Crippen LogP contribution in [-0.4, -0.2) is 12.6 Å². The maximum Gasteiger partial charge on any atom is 0.416 e. The van der Waals surface area contributed by atoms with Gasteiger partial charge < -0.3 is 10.5 Å². The summed E-state index contributed by atoms with van der Waals surface area (Å²) in [7, 11) is 0.